The zero-order valence-corrected chi connectivity index (χ0v) is 18.6. The lowest BCUT2D eigenvalue weighted by molar-refractivity contribution is -0.696. The largest absolute Gasteiger partial charge is 0.403 e. The van der Waals surface area contributed by atoms with Crippen molar-refractivity contribution in [3.05, 3.63) is 71.2 Å². The van der Waals surface area contributed by atoms with Gasteiger partial charge in [0.25, 0.3) is 10.1 Å². The molecule has 0 spiro atoms. The zero-order valence-electron chi connectivity index (χ0n) is 17.8. The minimum atomic E-state index is -3.49. The molecule has 0 aliphatic carbocycles. The van der Waals surface area contributed by atoms with Crippen LogP contribution >= 0.6 is 0 Å². The molecular weight excluding hydrogens is 432 g/mol. The highest BCUT2D eigenvalue weighted by Gasteiger charge is 2.19. The Balaban J connectivity index is 1.68. The monoisotopic (exact) mass is 455 g/mol. The normalized spacial score (nSPS) is 11.8. The average molecular weight is 456 g/mol. The van der Waals surface area contributed by atoms with Crippen LogP contribution in [0.25, 0.3) is 28.2 Å². The molecule has 9 nitrogen and oxygen atoms in total. The number of hydrogen-bond acceptors (Lipinski definition) is 7. The lowest BCUT2D eigenvalue weighted by Gasteiger charge is -2.06. The topological polar surface area (TPSA) is 108 Å². The van der Waals surface area contributed by atoms with E-state index in [1.165, 1.54) is 0 Å². The van der Waals surface area contributed by atoms with E-state index in [0.29, 0.717) is 41.7 Å². The van der Waals surface area contributed by atoms with E-state index in [4.69, 9.17) is 4.42 Å². The van der Waals surface area contributed by atoms with Gasteiger partial charge in [0.1, 0.15) is 18.0 Å². The van der Waals surface area contributed by atoms with Crippen molar-refractivity contribution in [2.24, 2.45) is 0 Å². The van der Waals surface area contributed by atoms with Gasteiger partial charge in [-0.25, -0.2) is 19.3 Å². The van der Waals surface area contributed by atoms with E-state index >= 15 is 0 Å². The number of hydrogen-bond donors (Lipinski definition) is 0. The highest BCUT2D eigenvalue weighted by Crippen LogP contribution is 2.24. The van der Waals surface area contributed by atoms with Crippen molar-refractivity contribution in [1.82, 2.24) is 14.5 Å². The molecular formula is C22H23N4O5S+. The summed E-state index contributed by atoms with van der Waals surface area (Å²) in [6.45, 7) is 2.47. The third kappa shape index (κ3) is 4.46. The van der Waals surface area contributed by atoms with Crippen molar-refractivity contribution in [1.29, 1.82) is 0 Å². The molecule has 0 saturated heterocycles. The second kappa shape index (κ2) is 9.01. The van der Waals surface area contributed by atoms with E-state index in [1.54, 1.807) is 41.5 Å². The summed E-state index contributed by atoms with van der Waals surface area (Å²) in [6.07, 6.45) is 8.15. The van der Waals surface area contributed by atoms with Gasteiger partial charge in [0.15, 0.2) is 0 Å². The number of aryl methyl sites for hydroxylation is 2. The van der Waals surface area contributed by atoms with Crippen LogP contribution < -0.4 is 10.2 Å². The molecule has 0 saturated carbocycles. The molecule has 166 valence electrons. The molecule has 32 heavy (non-hydrogen) atoms. The molecule has 3 aromatic heterocycles. The molecule has 0 aliphatic rings. The van der Waals surface area contributed by atoms with E-state index in [0.717, 1.165) is 12.7 Å². The summed E-state index contributed by atoms with van der Waals surface area (Å²) in [4.78, 5) is 21.8. The highest BCUT2D eigenvalue weighted by atomic mass is 32.2. The number of fused-ring (bicyclic) bond motifs is 1. The van der Waals surface area contributed by atoms with Gasteiger partial charge in [-0.3, -0.25) is 4.18 Å². The summed E-state index contributed by atoms with van der Waals surface area (Å²) in [5.74, 6) is 0.658. The van der Waals surface area contributed by atoms with Gasteiger partial charge < -0.3 is 4.42 Å². The van der Waals surface area contributed by atoms with E-state index in [2.05, 4.69) is 14.2 Å². The molecule has 4 aromatic rings. The zero-order chi connectivity index (χ0) is 22.7. The molecule has 0 fully saturated rings. The van der Waals surface area contributed by atoms with Gasteiger partial charge in [0, 0.05) is 12.6 Å². The molecule has 0 bridgehead atoms. The fourth-order valence-electron chi connectivity index (χ4n) is 3.52. The molecule has 1 aromatic carbocycles. The fraction of sp³-hybridized carbons (Fsp3) is 0.273. The predicted octanol–water partition coefficient (Wildman–Crippen LogP) is 2.26. The van der Waals surface area contributed by atoms with Gasteiger partial charge in [0.05, 0.1) is 30.3 Å². The Labute approximate surface area is 185 Å². The molecule has 0 unspecified atom stereocenters. The van der Waals surface area contributed by atoms with E-state index in [-0.39, 0.29) is 11.6 Å². The van der Waals surface area contributed by atoms with Crippen LogP contribution in [0, 0.1) is 0 Å². The summed E-state index contributed by atoms with van der Waals surface area (Å²) >= 11 is 0. The predicted molar refractivity (Wildman–Crippen MR) is 118 cm³/mol. The molecule has 4 rings (SSSR count). The van der Waals surface area contributed by atoms with Gasteiger partial charge in [-0.15, -0.1) is 0 Å². The standard InChI is InChI=1S/C22H23N4O5S/c1-3-16-7-4-9-18-19(16)22(27)31-21(24-18)17-8-5-10-23-20(17)26-13-12-25(15-26)11-6-14-32(28,29)30-2/h4-5,7-10,12-13,15H,3,6,11,14H2,1-2H3/q+1. The first-order valence-electron chi connectivity index (χ1n) is 10.2. The SMILES string of the molecule is CCc1cccc2nc(-c3cccnc3-n3cc[n+](CCCS(=O)(=O)OC)c3)oc(=O)c12. The smallest absolute Gasteiger partial charge is 0.347 e. The second-order valence-corrected chi connectivity index (χ2v) is 9.04. The number of rotatable bonds is 8. The summed E-state index contributed by atoms with van der Waals surface area (Å²) in [6, 6.07) is 9.11. The van der Waals surface area contributed by atoms with Crippen LogP contribution in [-0.4, -0.2) is 35.8 Å². The lowest BCUT2D eigenvalue weighted by atomic mass is 10.1. The highest BCUT2D eigenvalue weighted by molar-refractivity contribution is 7.86. The first-order valence-corrected chi connectivity index (χ1v) is 11.7. The second-order valence-electron chi connectivity index (χ2n) is 7.19. The van der Waals surface area contributed by atoms with Gasteiger partial charge in [-0.2, -0.15) is 13.0 Å². The molecule has 0 radical (unpaired) electrons. The Bertz CT molecular complexity index is 1430. The van der Waals surface area contributed by atoms with Crippen LogP contribution in [0.3, 0.4) is 0 Å². The fourth-order valence-corrected chi connectivity index (χ4v) is 4.17. The third-order valence-corrected chi connectivity index (χ3v) is 6.44. The third-order valence-electron chi connectivity index (χ3n) is 5.14. The van der Waals surface area contributed by atoms with Crippen LogP contribution in [0.1, 0.15) is 18.9 Å². The van der Waals surface area contributed by atoms with E-state index < -0.39 is 15.7 Å². The maximum Gasteiger partial charge on any atom is 0.347 e. The molecule has 3 heterocycles. The van der Waals surface area contributed by atoms with Gasteiger partial charge in [0.2, 0.25) is 18.0 Å². The number of benzene rings is 1. The van der Waals surface area contributed by atoms with Crippen LogP contribution in [0.15, 0.2) is 64.5 Å². The van der Waals surface area contributed by atoms with Gasteiger partial charge in [-0.05, 0) is 30.2 Å². The van der Waals surface area contributed by atoms with Crippen LogP contribution in [-0.2, 0) is 27.3 Å². The molecule has 0 N–H and O–H groups in total. The number of nitrogens with zero attached hydrogens (tertiary/aromatic N) is 4. The van der Waals surface area contributed by atoms with Crippen molar-refractivity contribution in [3.63, 3.8) is 0 Å². The quantitative estimate of drug-likeness (QED) is 0.296. The van der Waals surface area contributed by atoms with E-state index in [1.807, 2.05) is 29.8 Å². The van der Waals surface area contributed by atoms with Gasteiger partial charge >= 0.3 is 5.63 Å². The number of aromatic nitrogens is 4. The minimum Gasteiger partial charge on any atom is -0.403 e. The Morgan fingerprint density at radius 2 is 2.06 bits per heavy atom. The Hall–Kier alpha value is -3.37. The molecule has 10 heteroatoms. The van der Waals surface area contributed by atoms with E-state index in [9.17, 15) is 13.2 Å². The van der Waals surface area contributed by atoms with Crippen LogP contribution in [0.4, 0.5) is 0 Å². The summed E-state index contributed by atoms with van der Waals surface area (Å²) < 4.78 is 36.7. The van der Waals surface area contributed by atoms with Crippen LogP contribution in [0.2, 0.25) is 0 Å². The minimum absolute atomic E-state index is 0.0670. The molecule has 0 amide bonds. The van der Waals surface area contributed by atoms with Crippen LogP contribution in [0.5, 0.6) is 0 Å². The Morgan fingerprint density at radius 3 is 2.84 bits per heavy atom. The summed E-state index contributed by atoms with van der Waals surface area (Å²) in [7, 11) is -2.33. The Morgan fingerprint density at radius 1 is 1.22 bits per heavy atom. The van der Waals surface area contributed by atoms with Crippen molar-refractivity contribution in [2.45, 2.75) is 26.3 Å². The van der Waals surface area contributed by atoms with Crippen molar-refractivity contribution >= 4 is 21.0 Å². The first kappa shape index (κ1) is 21.8. The summed E-state index contributed by atoms with van der Waals surface area (Å²) in [5, 5.41) is 0.494. The van der Waals surface area contributed by atoms with Crippen molar-refractivity contribution in [2.75, 3.05) is 12.9 Å². The molecule has 0 aliphatic heterocycles. The Kier molecular flexibility index (Phi) is 6.15. The molecule has 0 atom stereocenters. The van der Waals surface area contributed by atoms with Crippen molar-refractivity contribution in [3.8, 4) is 17.3 Å². The maximum absolute atomic E-state index is 12.7. The number of pyridine rings is 1. The summed E-state index contributed by atoms with van der Waals surface area (Å²) in [5.41, 5.74) is 1.60. The average Bonchev–Trinajstić information content (AvgIpc) is 3.27. The van der Waals surface area contributed by atoms with Gasteiger partial charge in [-0.1, -0.05) is 19.1 Å². The number of imidazole rings is 1. The van der Waals surface area contributed by atoms with Crippen molar-refractivity contribution < 1.29 is 21.6 Å². The lowest BCUT2D eigenvalue weighted by Crippen LogP contribution is -2.32. The first-order chi connectivity index (χ1) is 15.4. The maximum atomic E-state index is 12.7.